The van der Waals surface area contributed by atoms with E-state index in [0.717, 1.165) is 59.8 Å². The van der Waals surface area contributed by atoms with Crippen LogP contribution in [0.2, 0.25) is 0 Å². The van der Waals surface area contributed by atoms with E-state index in [1.54, 1.807) is 7.05 Å². The lowest BCUT2D eigenvalue weighted by atomic mass is 9.89. The third kappa shape index (κ3) is 3.65. The Bertz CT molecular complexity index is 801. The van der Waals surface area contributed by atoms with Gasteiger partial charge in [-0.1, -0.05) is 25.1 Å². The maximum absolute atomic E-state index is 13.2. The first-order chi connectivity index (χ1) is 12.1. The fourth-order valence-electron chi connectivity index (χ4n) is 3.42. The Hall–Kier alpha value is -2.43. The van der Waals surface area contributed by atoms with Gasteiger partial charge in [-0.25, -0.2) is 0 Å². The van der Waals surface area contributed by atoms with E-state index in [1.807, 2.05) is 31.2 Å². The minimum atomic E-state index is -0.120. The van der Waals surface area contributed by atoms with E-state index in [1.165, 1.54) is 4.90 Å². The molecule has 0 atom stereocenters. The van der Waals surface area contributed by atoms with E-state index in [-0.39, 0.29) is 18.4 Å². The Morgan fingerprint density at radius 3 is 2.76 bits per heavy atom. The summed E-state index contributed by atoms with van der Waals surface area (Å²) >= 11 is 0. The molecule has 25 heavy (non-hydrogen) atoms. The Morgan fingerprint density at radius 2 is 1.96 bits per heavy atom. The van der Waals surface area contributed by atoms with Crippen LogP contribution in [0.3, 0.4) is 0 Å². The highest BCUT2D eigenvalue weighted by Crippen LogP contribution is 2.29. The molecule has 1 aromatic heterocycles. The zero-order valence-electron chi connectivity index (χ0n) is 15.0. The largest absolute Gasteiger partial charge is 0.355 e. The third-order valence-corrected chi connectivity index (χ3v) is 4.68. The van der Waals surface area contributed by atoms with Crippen molar-refractivity contribution in [2.75, 3.05) is 20.1 Å². The van der Waals surface area contributed by atoms with Crippen LogP contribution in [-0.2, 0) is 17.6 Å². The van der Waals surface area contributed by atoms with Gasteiger partial charge in [-0.3, -0.25) is 14.6 Å². The van der Waals surface area contributed by atoms with Gasteiger partial charge in [0.2, 0.25) is 5.91 Å². The highest BCUT2D eigenvalue weighted by Gasteiger charge is 2.25. The lowest BCUT2D eigenvalue weighted by Gasteiger charge is -2.23. The first-order valence-corrected chi connectivity index (χ1v) is 9.04. The van der Waals surface area contributed by atoms with Gasteiger partial charge in [0, 0.05) is 24.7 Å². The molecule has 0 saturated heterocycles. The van der Waals surface area contributed by atoms with Crippen molar-refractivity contribution >= 4 is 22.7 Å². The van der Waals surface area contributed by atoms with Crippen molar-refractivity contribution in [3.63, 3.8) is 0 Å². The molecule has 1 aliphatic rings. The molecule has 1 aliphatic carbocycles. The van der Waals surface area contributed by atoms with Gasteiger partial charge in [0.15, 0.2) is 0 Å². The monoisotopic (exact) mass is 339 g/mol. The fourth-order valence-corrected chi connectivity index (χ4v) is 3.42. The molecule has 1 heterocycles. The maximum atomic E-state index is 13.2. The minimum Gasteiger partial charge on any atom is -0.355 e. The van der Waals surface area contributed by atoms with Crippen LogP contribution in [0.15, 0.2) is 24.3 Å². The molecule has 1 aromatic carbocycles. The molecule has 0 fully saturated rings. The van der Waals surface area contributed by atoms with Crippen molar-refractivity contribution in [1.29, 1.82) is 0 Å². The summed E-state index contributed by atoms with van der Waals surface area (Å²) in [6.45, 7) is 2.71. The lowest BCUT2D eigenvalue weighted by Crippen LogP contribution is -2.39. The van der Waals surface area contributed by atoms with Gasteiger partial charge >= 0.3 is 0 Å². The van der Waals surface area contributed by atoms with Crippen LogP contribution >= 0.6 is 0 Å². The molecule has 3 rings (SSSR count). The van der Waals surface area contributed by atoms with Crippen molar-refractivity contribution in [2.24, 2.45) is 0 Å². The quantitative estimate of drug-likeness (QED) is 0.911. The number of benzene rings is 1. The number of aryl methyl sites for hydroxylation is 1. The summed E-state index contributed by atoms with van der Waals surface area (Å²) in [5, 5.41) is 3.71. The summed E-state index contributed by atoms with van der Waals surface area (Å²) in [5.41, 5.74) is 3.69. The summed E-state index contributed by atoms with van der Waals surface area (Å²) in [7, 11) is 1.69. The number of aromatic nitrogens is 1. The average Bonchev–Trinajstić information content (AvgIpc) is 2.63. The highest BCUT2D eigenvalue weighted by molar-refractivity contribution is 6.08. The molecule has 0 aliphatic heterocycles. The number of likely N-dealkylation sites (N-methyl/N-ethyl adjacent to an activating group) is 1. The molecule has 0 unspecified atom stereocenters. The first-order valence-electron chi connectivity index (χ1n) is 9.04. The second kappa shape index (κ2) is 7.64. The van der Waals surface area contributed by atoms with Gasteiger partial charge in [-0.05, 0) is 43.7 Å². The summed E-state index contributed by atoms with van der Waals surface area (Å²) in [6.07, 6.45) is 4.87. The lowest BCUT2D eigenvalue weighted by molar-refractivity contribution is -0.121. The van der Waals surface area contributed by atoms with Crippen molar-refractivity contribution in [1.82, 2.24) is 15.2 Å². The number of carbonyl (C=O) groups is 2. The smallest absolute Gasteiger partial charge is 0.255 e. The van der Waals surface area contributed by atoms with Crippen LogP contribution in [0.5, 0.6) is 0 Å². The van der Waals surface area contributed by atoms with Gasteiger partial charge in [0.25, 0.3) is 5.91 Å². The molecule has 5 nitrogen and oxygen atoms in total. The van der Waals surface area contributed by atoms with Gasteiger partial charge < -0.3 is 10.2 Å². The normalized spacial score (nSPS) is 13.4. The first kappa shape index (κ1) is 17.4. The van der Waals surface area contributed by atoms with Gasteiger partial charge in [-0.15, -0.1) is 0 Å². The molecule has 2 amide bonds. The Morgan fingerprint density at radius 1 is 1.20 bits per heavy atom. The molecule has 5 heteroatoms. The zero-order chi connectivity index (χ0) is 17.8. The number of nitrogens with zero attached hydrogens (tertiary/aromatic N) is 2. The van der Waals surface area contributed by atoms with E-state index in [9.17, 15) is 9.59 Å². The molecule has 1 N–H and O–H groups in total. The number of rotatable bonds is 5. The van der Waals surface area contributed by atoms with Crippen LogP contribution < -0.4 is 5.32 Å². The average molecular weight is 339 g/mol. The Labute approximate surface area is 148 Å². The highest BCUT2D eigenvalue weighted by atomic mass is 16.2. The number of hydrogen-bond acceptors (Lipinski definition) is 3. The van der Waals surface area contributed by atoms with Gasteiger partial charge in [0.1, 0.15) is 0 Å². The number of pyridine rings is 1. The van der Waals surface area contributed by atoms with Gasteiger partial charge in [-0.2, -0.15) is 0 Å². The van der Waals surface area contributed by atoms with Crippen molar-refractivity contribution < 1.29 is 9.59 Å². The summed E-state index contributed by atoms with van der Waals surface area (Å²) < 4.78 is 0. The van der Waals surface area contributed by atoms with Crippen LogP contribution in [0, 0.1) is 0 Å². The van der Waals surface area contributed by atoms with Crippen LogP contribution in [-0.4, -0.2) is 41.8 Å². The fraction of sp³-hybridized carbons (Fsp3) is 0.450. The molecular weight excluding hydrogens is 314 g/mol. The van der Waals surface area contributed by atoms with E-state index in [2.05, 4.69) is 5.32 Å². The Balaban J connectivity index is 1.96. The van der Waals surface area contributed by atoms with Gasteiger partial charge in [0.05, 0.1) is 17.6 Å². The van der Waals surface area contributed by atoms with Crippen LogP contribution in [0.4, 0.5) is 0 Å². The van der Waals surface area contributed by atoms with Crippen molar-refractivity contribution in [2.45, 2.75) is 39.0 Å². The number of amides is 2. The summed E-state index contributed by atoms with van der Waals surface area (Å²) in [5.74, 6) is -0.215. The number of nitrogens with one attached hydrogen (secondary N) is 1. The molecule has 0 saturated carbocycles. The SMILES string of the molecule is CCCNC(=O)CN(C)C(=O)c1c2c(nc3ccccc13)CCCC2. The van der Waals surface area contributed by atoms with E-state index >= 15 is 0 Å². The molecule has 0 radical (unpaired) electrons. The topological polar surface area (TPSA) is 62.3 Å². The van der Waals surface area contributed by atoms with E-state index in [0.29, 0.717) is 6.54 Å². The van der Waals surface area contributed by atoms with E-state index < -0.39 is 0 Å². The zero-order valence-corrected chi connectivity index (χ0v) is 15.0. The molecule has 132 valence electrons. The maximum Gasteiger partial charge on any atom is 0.255 e. The second-order valence-corrected chi connectivity index (χ2v) is 6.65. The molecule has 2 aromatic rings. The standard InChI is InChI=1S/C20H25N3O2/c1-3-12-21-18(24)13-23(2)20(25)19-14-8-4-6-10-16(14)22-17-11-7-5-9-15(17)19/h4,6,8,10H,3,5,7,9,11-13H2,1-2H3,(H,21,24). The van der Waals surface area contributed by atoms with Crippen molar-refractivity contribution in [3.05, 3.63) is 41.1 Å². The van der Waals surface area contributed by atoms with Crippen LogP contribution in [0.25, 0.3) is 10.9 Å². The predicted molar refractivity (Wildman–Crippen MR) is 98.6 cm³/mol. The second-order valence-electron chi connectivity index (χ2n) is 6.65. The molecule has 0 spiro atoms. The number of para-hydroxylation sites is 1. The molecular formula is C20H25N3O2. The number of hydrogen-bond donors (Lipinski definition) is 1. The van der Waals surface area contributed by atoms with E-state index in [4.69, 9.17) is 4.98 Å². The summed E-state index contributed by atoms with van der Waals surface area (Å²) in [4.78, 5) is 31.4. The number of fused-ring (bicyclic) bond motifs is 2. The Kier molecular flexibility index (Phi) is 5.31. The predicted octanol–water partition coefficient (Wildman–Crippen LogP) is 2.71. The summed E-state index contributed by atoms with van der Waals surface area (Å²) in [6, 6.07) is 7.79. The number of carbonyl (C=O) groups excluding carboxylic acids is 2. The molecule has 0 bridgehead atoms. The van der Waals surface area contributed by atoms with Crippen LogP contribution in [0.1, 0.15) is 47.8 Å². The third-order valence-electron chi connectivity index (χ3n) is 4.68. The van der Waals surface area contributed by atoms with Crippen molar-refractivity contribution in [3.8, 4) is 0 Å². The minimum absolute atomic E-state index is 0.0737.